The van der Waals surface area contributed by atoms with Crippen LogP contribution in [0, 0.1) is 0 Å². The maximum atomic E-state index is 13.4. The SMILES string of the molecule is CSc1c(C(=O)N/C(=N/N)N(C)N)ccnc1C1=CC=C(F)C=CC1. The Labute approximate surface area is 149 Å². The summed E-state index contributed by atoms with van der Waals surface area (Å²) in [5.41, 5.74) is 1.84. The summed E-state index contributed by atoms with van der Waals surface area (Å²) in [5.74, 6) is 10.1. The van der Waals surface area contributed by atoms with Crippen molar-refractivity contribution in [2.24, 2.45) is 16.8 Å². The van der Waals surface area contributed by atoms with E-state index >= 15 is 0 Å². The molecule has 1 amide bonds. The molecule has 25 heavy (non-hydrogen) atoms. The van der Waals surface area contributed by atoms with Gasteiger partial charge in [0.05, 0.1) is 11.3 Å². The van der Waals surface area contributed by atoms with E-state index in [-0.39, 0.29) is 11.8 Å². The number of carbonyl (C=O) groups excluding carboxylic acids is 1. The molecule has 1 aromatic rings. The van der Waals surface area contributed by atoms with Gasteiger partial charge in [-0.3, -0.25) is 20.1 Å². The Balaban J connectivity index is 2.42. The van der Waals surface area contributed by atoms with E-state index in [9.17, 15) is 9.18 Å². The number of hydrazine groups is 1. The van der Waals surface area contributed by atoms with E-state index in [1.807, 2.05) is 6.26 Å². The maximum Gasteiger partial charge on any atom is 0.259 e. The highest BCUT2D eigenvalue weighted by Crippen LogP contribution is 2.31. The Morgan fingerprint density at radius 1 is 1.48 bits per heavy atom. The van der Waals surface area contributed by atoms with Crippen LogP contribution in [-0.2, 0) is 0 Å². The summed E-state index contributed by atoms with van der Waals surface area (Å²) in [6.45, 7) is 0. The van der Waals surface area contributed by atoms with Gasteiger partial charge in [0.25, 0.3) is 5.91 Å². The molecule has 0 bridgehead atoms. The van der Waals surface area contributed by atoms with Crippen LogP contribution in [0.1, 0.15) is 22.5 Å². The quantitative estimate of drug-likeness (QED) is 0.248. The van der Waals surface area contributed by atoms with Crippen molar-refractivity contribution < 1.29 is 9.18 Å². The molecule has 9 heteroatoms. The number of nitrogens with zero attached hydrogens (tertiary/aromatic N) is 3. The minimum atomic E-state index is -0.416. The van der Waals surface area contributed by atoms with Gasteiger partial charge in [-0.15, -0.1) is 16.9 Å². The first-order valence-electron chi connectivity index (χ1n) is 7.31. The minimum absolute atomic E-state index is 0.0250. The maximum absolute atomic E-state index is 13.4. The van der Waals surface area contributed by atoms with Gasteiger partial charge in [0, 0.05) is 18.1 Å². The second kappa shape index (κ2) is 8.45. The molecular weight excluding hydrogens is 343 g/mol. The van der Waals surface area contributed by atoms with Crippen LogP contribution < -0.4 is 17.0 Å². The summed E-state index contributed by atoms with van der Waals surface area (Å²) < 4.78 is 13.4. The van der Waals surface area contributed by atoms with Gasteiger partial charge in [-0.25, -0.2) is 10.2 Å². The Hall–Kier alpha value is -2.65. The highest BCUT2D eigenvalue weighted by atomic mass is 32.2. The zero-order chi connectivity index (χ0) is 18.4. The first kappa shape index (κ1) is 18.7. The van der Waals surface area contributed by atoms with Gasteiger partial charge in [-0.05, 0) is 36.5 Å². The van der Waals surface area contributed by atoms with E-state index in [0.717, 1.165) is 10.6 Å². The number of guanidine groups is 1. The molecule has 1 aliphatic carbocycles. The average Bonchev–Trinajstić information content (AvgIpc) is 2.82. The van der Waals surface area contributed by atoms with Crippen LogP contribution >= 0.6 is 11.8 Å². The fraction of sp³-hybridized carbons (Fsp3) is 0.188. The van der Waals surface area contributed by atoms with Crippen molar-refractivity contribution in [3.8, 4) is 0 Å². The number of allylic oxidation sites excluding steroid dienone is 6. The van der Waals surface area contributed by atoms with Crippen molar-refractivity contribution >= 4 is 29.2 Å². The normalized spacial score (nSPS) is 14.5. The fourth-order valence-electron chi connectivity index (χ4n) is 2.22. The van der Waals surface area contributed by atoms with Crippen molar-refractivity contribution in [2.45, 2.75) is 11.3 Å². The minimum Gasteiger partial charge on any atom is -0.320 e. The lowest BCUT2D eigenvalue weighted by molar-refractivity contribution is 0.0969. The van der Waals surface area contributed by atoms with Gasteiger partial charge in [0.2, 0.25) is 5.96 Å². The number of thioether (sulfide) groups is 1. The first-order chi connectivity index (χ1) is 12.0. The molecule has 0 radical (unpaired) electrons. The Bertz CT molecular complexity index is 785. The molecule has 2 rings (SSSR count). The smallest absolute Gasteiger partial charge is 0.259 e. The van der Waals surface area contributed by atoms with Crippen molar-refractivity contribution in [3.63, 3.8) is 0 Å². The summed E-state index contributed by atoms with van der Waals surface area (Å²) >= 11 is 1.38. The molecule has 1 heterocycles. The van der Waals surface area contributed by atoms with E-state index in [0.29, 0.717) is 22.6 Å². The second-order valence-corrected chi connectivity index (χ2v) is 5.92. The van der Waals surface area contributed by atoms with E-state index < -0.39 is 5.91 Å². The predicted molar refractivity (Wildman–Crippen MR) is 98.0 cm³/mol. The Morgan fingerprint density at radius 2 is 2.24 bits per heavy atom. The molecule has 0 saturated heterocycles. The lowest BCUT2D eigenvalue weighted by atomic mass is 10.1. The van der Waals surface area contributed by atoms with Crippen molar-refractivity contribution in [1.82, 2.24) is 15.3 Å². The molecule has 0 spiro atoms. The van der Waals surface area contributed by atoms with Crippen LogP contribution in [0.25, 0.3) is 5.57 Å². The number of rotatable bonds is 3. The molecule has 0 aromatic carbocycles. The van der Waals surface area contributed by atoms with Crippen molar-refractivity contribution in [3.05, 3.63) is 53.7 Å². The topological polar surface area (TPSA) is 110 Å². The number of pyridine rings is 1. The second-order valence-electron chi connectivity index (χ2n) is 5.11. The van der Waals surface area contributed by atoms with E-state index in [4.69, 9.17) is 11.7 Å². The molecule has 0 saturated carbocycles. The molecule has 0 fully saturated rings. The van der Waals surface area contributed by atoms with Gasteiger partial charge in [-0.2, -0.15) is 0 Å². The van der Waals surface area contributed by atoms with Crippen LogP contribution in [0.4, 0.5) is 4.39 Å². The largest absolute Gasteiger partial charge is 0.320 e. The molecule has 132 valence electrons. The molecule has 0 atom stereocenters. The van der Waals surface area contributed by atoms with Gasteiger partial charge < -0.3 is 5.84 Å². The highest BCUT2D eigenvalue weighted by molar-refractivity contribution is 7.98. The van der Waals surface area contributed by atoms with Crippen LogP contribution in [0.15, 0.2) is 52.4 Å². The van der Waals surface area contributed by atoms with Crippen molar-refractivity contribution in [2.75, 3.05) is 13.3 Å². The third-order valence-electron chi connectivity index (χ3n) is 3.40. The zero-order valence-electron chi connectivity index (χ0n) is 13.9. The summed E-state index contributed by atoms with van der Waals surface area (Å²) in [6, 6.07) is 1.60. The van der Waals surface area contributed by atoms with Gasteiger partial charge >= 0.3 is 0 Å². The number of halogens is 1. The van der Waals surface area contributed by atoms with E-state index in [1.165, 1.54) is 37.2 Å². The number of hydrogen-bond donors (Lipinski definition) is 3. The number of carbonyl (C=O) groups is 1. The van der Waals surface area contributed by atoms with E-state index in [1.54, 1.807) is 18.2 Å². The van der Waals surface area contributed by atoms with Gasteiger partial charge in [0.15, 0.2) is 0 Å². The Morgan fingerprint density at radius 3 is 2.88 bits per heavy atom. The Kier molecular flexibility index (Phi) is 6.31. The third kappa shape index (κ3) is 4.46. The lowest BCUT2D eigenvalue weighted by Crippen LogP contribution is -2.46. The molecule has 1 aromatic heterocycles. The molecule has 1 aliphatic rings. The monoisotopic (exact) mass is 362 g/mol. The average molecular weight is 362 g/mol. The summed E-state index contributed by atoms with van der Waals surface area (Å²) in [4.78, 5) is 17.6. The molecular formula is C16H19FN6OS. The van der Waals surface area contributed by atoms with Crippen LogP contribution in [0.2, 0.25) is 0 Å². The van der Waals surface area contributed by atoms with Gasteiger partial charge in [-0.1, -0.05) is 12.2 Å². The predicted octanol–water partition coefficient (Wildman–Crippen LogP) is 1.77. The molecule has 0 unspecified atom stereocenters. The third-order valence-corrected chi connectivity index (χ3v) is 4.22. The number of hydrazone groups is 1. The number of amides is 1. The summed E-state index contributed by atoms with van der Waals surface area (Å²) in [5, 5.41) is 7.08. The molecule has 7 nitrogen and oxygen atoms in total. The fourth-order valence-corrected chi connectivity index (χ4v) is 2.98. The zero-order valence-corrected chi connectivity index (χ0v) is 14.7. The molecule has 0 aliphatic heterocycles. The standard InChI is InChI=1S/C16H19FN6OS/c1-23(19)16(22-18)21-15(24)12-8-9-20-13(14(12)25-2)10-4-3-5-11(17)7-6-10/h3,5-9H,4,18-19H2,1-2H3,(H,21,22,24). The number of aromatic nitrogens is 1. The van der Waals surface area contributed by atoms with Crippen LogP contribution in [0.3, 0.4) is 0 Å². The summed E-state index contributed by atoms with van der Waals surface area (Å²) in [7, 11) is 1.50. The summed E-state index contributed by atoms with van der Waals surface area (Å²) in [6.07, 6.45) is 10.0. The van der Waals surface area contributed by atoms with Crippen LogP contribution in [-0.4, -0.2) is 35.2 Å². The van der Waals surface area contributed by atoms with Gasteiger partial charge in [0.1, 0.15) is 5.83 Å². The number of nitrogens with one attached hydrogen (secondary N) is 1. The first-order valence-corrected chi connectivity index (χ1v) is 8.54. The molecule has 5 N–H and O–H groups in total. The van der Waals surface area contributed by atoms with Crippen LogP contribution in [0.5, 0.6) is 0 Å². The lowest BCUT2D eigenvalue weighted by Gasteiger charge is -2.17. The van der Waals surface area contributed by atoms with Crippen molar-refractivity contribution in [1.29, 1.82) is 0 Å². The van der Waals surface area contributed by atoms with E-state index in [2.05, 4.69) is 15.4 Å². The number of hydrogen-bond acceptors (Lipinski definition) is 6. The highest BCUT2D eigenvalue weighted by Gasteiger charge is 2.19. The number of nitrogens with two attached hydrogens (primary N) is 2.